The molecule has 6 heteroatoms. The molecule has 1 N–H and O–H groups in total. The molecule has 0 unspecified atom stereocenters. The van der Waals surface area contributed by atoms with Gasteiger partial charge in [0.25, 0.3) is 5.69 Å². The topological polar surface area (TPSA) is 83.7 Å². The number of carbonyl (C=O) groups is 1. The minimum absolute atomic E-state index is 0.188. The molecule has 6 nitrogen and oxygen atoms in total. The van der Waals surface area contributed by atoms with E-state index in [1.165, 1.54) is 6.07 Å². The lowest BCUT2D eigenvalue weighted by molar-refractivity contribution is -0.385. The summed E-state index contributed by atoms with van der Waals surface area (Å²) in [5, 5.41) is 20.3. The van der Waals surface area contributed by atoms with Crippen molar-refractivity contribution in [3.05, 3.63) is 39.4 Å². The van der Waals surface area contributed by atoms with Crippen LogP contribution >= 0.6 is 0 Å². The zero-order valence-corrected chi connectivity index (χ0v) is 12.3. The molecule has 1 aromatic rings. The highest BCUT2D eigenvalue weighted by molar-refractivity contribution is 5.94. The van der Waals surface area contributed by atoms with Crippen LogP contribution in [0.3, 0.4) is 0 Å². The lowest BCUT2D eigenvalue weighted by Gasteiger charge is -2.37. The van der Waals surface area contributed by atoms with Crippen LogP contribution in [0.1, 0.15) is 42.6 Å². The van der Waals surface area contributed by atoms with Gasteiger partial charge in [0, 0.05) is 12.6 Å². The summed E-state index contributed by atoms with van der Waals surface area (Å²) in [6.07, 6.45) is 2.09. The van der Waals surface area contributed by atoms with Crippen molar-refractivity contribution < 1.29 is 14.8 Å². The molecule has 1 heterocycles. The average molecular weight is 292 g/mol. The second-order valence-electron chi connectivity index (χ2n) is 6.31. The first-order chi connectivity index (χ1) is 9.80. The molecule has 1 saturated heterocycles. The number of benzene rings is 1. The van der Waals surface area contributed by atoms with E-state index in [4.69, 9.17) is 0 Å². The Labute approximate surface area is 123 Å². The number of hydrogen-bond acceptors (Lipinski definition) is 4. The summed E-state index contributed by atoms with van der Waals surface area (Å²) in [7, 11) is 0. The van der Waals surface area contributed by atoms with E-state index < -0.39 is 10.9 Å². The van der Waals surface area contributed by atoms with Gasteiger partial charge in [0.2, 0.25) is 0 Å². The lowest BCUT2D eigenvalue weighted by atomic mass is 9.82. The molecule has 0 aromatic heterocycles. The van der Waals surface area contributed by atoms with E-state index in [9.17, 15) is 20.0 Å². The Kier molecular flexibility index (Phi) is 4.27. The van der Waals surface area contributed by atoms with Gasteiger partial charge in [0.05, 0.1) is 4.92 Å². The van der Waals surface area contributed by atoms with Gasteiger partial charge in [-0.3, -0.25) is 15.0 Å². The quantitative estimate of drug-likeness (QED) is 0.681. The van der Waals surface area contributed by atoms with Crippen molar-refractivity contribution in [3.63, 3.8) is 0 Å². The molecule has 0 amide bonds. The maximum absolute atomic E-state index is 11.4. The zero-order valence-electron chi connectivity index (χ0n) is 12.3. The maximum atomic E-state index is 11.4. The first-order valence-corrected chi connectivity index (χ1v) is 7.02. The van der Waals surface area contributed by atoms with Crippen LogP contribution in [0.2, 0.25) is 0 Å². The standard InChI is InChI=1S/C15H20N2O4/c1-15(2)6-8-16(9-7-15)10-11-4-3-5-12(17(20)21)13(11)14(18)19/h3-5H,6-10H2,1-2H3,(H,18,19). The Morgan fingerprint density at radius 3 is 2.52 bits per heavy atom. The van der Waals surface area contributed by atoms with Gasteiger partial charge >= 0.3 is 5.97 Å². The summed E-state index contributed by atoms with van der Waals surface area (Å²) < 4.78 is 0. The number of carboxylic acids is 1. The molecule has 0 radical (unpaired) electrons. The van der Waals surface area contributed by atoms with E-state index in [-0.39, 0.29) is 11.3 Å². The van der Waals surface area contributed by atoms with E-state index in [2.05, 4.69) is 18.7 Å². The lowest BCUT2D eigenvalue weighted by Crippen LogP contribution is -2.37. The molecule has 1 aliphatic rings. The number of likely N-dealkylation sites (tertiary alicyclic amines) is 1. The summed E-state index contributed by atoms with van der Waals surface area (Å²) in [6.45, 7) is 6.66. The Balaban J connectivity index is 2.23. The van der Waals surface area contributed by atoms with Gasteiger partial charge < -0.3 is 5.11 Å². The molecule has 0 atom stereocenters. The van der Waals surface area contributed by atoms with Gasteiger partial charge in [-0.2, -0.15) is 0 Å². The van der Waals surface area contributed by atoms with Crippen molar-refractivity contribution in [2.75, 3.05) is 13.1 Å². The number of nitro benzene ring substituents is 1. The number of aromatic carboxylic acids is 1. The highest BCUT2D eigenvalue weighted by Gasteiger charge is 2.28. The number of piperidine rings is 1. The molecule has 0 bridgehead atoms. The summed E-state index contributed by atoms with van der Waals surface area (Å²) in [6, 6.07) is 4.45. The predicted octanol–water partition coefficient (Wildman–Crippen LogP) is 2.92. The summed E-state index contributed by atoms with van der Waals surface area (Å²) in [5.41, 5.74) is 0.301. The van der Waals surface area contributed by atoms with E-state index in [1.54, 1.807) is 12.1 Å². The van der Waals surface area contributed by atoms with Gasteiger partial charge in [-0.15, -0.1) is 0 Å². The van der Waals surface area contributed by atoms with E-state index in [1.807, 2.05) is 0 Å². The summed E-state index contributed by atoms with van der Waals surface area (Å²) in [4.78, 5) is 23.9. The Morgan fingerprint density at radius 2 is 2.00 bits per heavy atom. The molecule has 1 aromatic carbocycles. The van der Waals surface area contributed by atoms with Gasteiger partial charge in [-0.05, 0) is 36.9 Å². The SMILES string of the molecule is CC1(C)CCN(Cc2cccc([N+](=O)[O-])c2C(=O)O)CC1. The van der Waals surface area contributed by atoms with Crippen molar-refractivity contribution >= 4 is 11.7 Å². The van der Waals surface area contributed by atoms with Crippen LogP contribution in [-0.2, 0) is 6.54 Å². The van der Waals surface area contributed by atoms with Crippen LogP contribution in [0.15, 0.2) is 18.2 Å². The van der Waals surface area contributed by atoms with E-state index in [0.717, 1.165) is 25.9 Å². The number of hydrogen-bond donors (Lipinski definition) is 1. The molecular formula is C15H20N2O4. The normalized spacial score (nSPS) is 18.4. The van der Waals surface area contributed by atoms with Crippen molar-refractivity contribution in [1.82, 2.24) is 4.90 Å². The molecule has 1 aliphatic heterocycles. The summed E-state index contributed by atoms with van der Waals surface area (Å²) in [5.74, 6) is -1.24. The third-order valence-corrected chi connectivity index (χ3v) is 4.14. The van der Waals surface area contributed by atoms with Crippen LogP contribution in [0.4, 0.5) is 5.69 Å². The highest BCUT2D eigenvalue weighted by Crippen LogP contribution is 2.31. The van der Waals surface area contributed by atoms with Gasteiger partial charge in [0.15, 0.2) is 0 Å². The van der Waals surface area contributed by atoms with E-state index >= 15 is 0 Å². The van der Waals surface area contributed by atoms with Crippen molar-refractivity contribution in [1.29, 1.82) is 0 Å². The van der Waals surface area contributed by atoms with Crippen LogP contribution < -0.4 is 0 Å². The Bertz CT molecular complexity index is 559. The highest BCUT2D eigenvalue weighted by atomic mass is 16.6. The molecule has 114 valence electrons. The zero-order chi connectivity index (χ0) is 15.6. The van der Waals surface area contributed by atoms with E-state index in [0.29, 0.717) is 17.5 Å². The molecular weight excluding hydrogens is 272 g/mol. The fourth-order valence-electron chi connectivity index (χ4n) is 2.67. The van der Waals surface area contributed by atoms with Crippen LogP contribution in [0, 0.1) is 15.5 Å². The summed E-state index contributed by atoms with van der Waals surface area (Å²) >= 11 is 0. The van der Waals surface area contributed by atoms with Crippen molar-refractivity contribution in [2.24, 2.45) is 5.41 Å². The fourth-order valence-corrected chi connectivity index (χ4v) is 2.67. The maximum Gasteiger partial charge on any atom is 0.343 e. The molecule has 0 spiro atoms. The average Bonchev–Trinajstić information content (AvgIpc) is 2.40. The molecule has 0 aliphatic carbocycles. The molecule has 21 heavy (non-hydrogen) atoms. The molecule has 0 saturated carbocycles. The first kappa shape index (κ1) is 15.4. The first-order valence-electron chi connectivity index (χ1n) is 7.02. The second-order valence-corrected chi connectivity index (χ2v) is 6.31. The number of nitro groups is 1. The fraction of sp³-hybridized carbons (Fsp3) is 0.533. The van der Waals surface area contributed by atoms with Crippen molar-refractivity contribution in [3.8, 4) is 0 Å². The smallest absolute Gasteiger partial charge is 0.343 e. The van der Waals surface area contributed by atoms with Gasteiger partial charge in [-0.1, -0.05) is 26.0 Å². The number of rotatable bonds is 4. The Hall–Kier alpha value is -1.95. The van der Waals surface area contributed by atoms with Gasteiger partial charge in [-0.25, -0.2) is 4.79 Å². The number of nitrogens with zero attached hydrogens (tertiary/aromatic N) is 2. The molecule has 1 fully saturated rings. The molecule has 2 rings (SSSR count). The van der Waals surface area contributed by atoms with Crippen molar-refractivity contribution in [2.45, 2.75) is 33.2 Å². The minimum Gasteiger partial charge on any atom is -0.477 e. The van der Waals surface area contributed by atoms with Crippen LogP contribution in [0.25, 0.3) is 0 Å². The Morgan fingerprint density at radius 1 is 1.38 bits per heavy atom. The minimum atomic E-state index is -1.24. The third-order valence-electron chi connectivity index (χ3n) is 4.14. The second kappa shape index (κ2) is 5.81. The van der Waals surface area contributed by atoms with Crippen LogP contribution in [0.5, 0.6) is 0 Å². The third kappa shape index (κ3) is 3.58. The van der Waals surface area contributed by atoms with Crippen LogP contribution in [-0.4, -0.2) is 34.0 Å². The van der Waals surface area contributed by atoms with Gasteiger partial charge in [0.1, 0.15) is 5.56 Å². The monoisotopic (exact) mass is 292 g/mol. The number of carboxylic acid groups (broad SMARTS) is 1. The largest absolute Gasteiger partial charge is 0.477 e. The predicted molar refractivity (Wildman–Crippen MR) is 78.3 cm³/mol.